The highest BCUT2D eigenvalue weighted by atomic mass is 35.5. The molecule has 0 bridgehead atoms. The largest absolute Gasteiger partial charge is 0.324 e. The minimum atomic E-state index is -0.463. The fraction of sp³-hybridized carbons (Fsp3) is 0.381. The molecule has 3 nitrogen and oxygen atoms in total. The van der Waals surface area contributed by atoms with Crippen molar-refractivity contribution in [2.75, 3.05) is 0 Å². The van der Waals surface area contributed by atoms with E-state index in [0.29, 0.717) is 32.3 Å². The van der Waals surface area contributed by atoms with E-state index in [1.807, 2.05) is 27.7 Å². The number of ketones is 1. The van der Waals surface area contributed by atoms with Gasteiger partial charge in [-0.2, -0.15) is 0 Å². The van der Waals surface area contributed by atoms with Gasteiger partial charge in [0.2, 0.25) is 0 Å². The van der Waals surface area contributed by atoms with Gasteiger partial charge >= 0.3 is 0 Å². The lowest BCUT2D eigenvalue weighted by atomic mass is 9.85. The van der Waals surface area contributed by atoms with Gasteiger partial charge < -0.3 is 11.5 Å². The summed E-state index contributed by atoms with van der Waals surface area (Å²) in [4.78, 5) is 13.6. The Balaban J connectivity index is 2.75. The third-order valence-corrected chi connectivity index (χ3v) is 6.50. The van der Waals surface area contributed by atoms with Crippen molar-refractivity contribution in [2.45, 2.75) is 39.8 Å². The van der Waals surface area contributed by atoms with Crippen molar-refractivity contribution in [2.24, 2.45) is 23.3 Å². The Morgan fingerprint density at radius 1 is 0.714 bits per heavy atom. The van der Waals surface area contributed by atoms with Crippen LogP contribution in [-0.2, 0) is 0 Å². The molecule has 4 N–H and O–H groups in total. The third-order valence-electron chi connectivity index (χ3n) is 4.86. The van der Waals surface area contributed by atoms with Crippen LogP contribution in [0.5, 0.6) is 0 Å². The molecule has 2 rings (SSSR count). The zero-order valence-electron chi connectivity index (χ0n) is 16.2. The van der Waals surface area contributed by atoms with Crippen molar-refractivity contribution in [3.63, 3.8) is 0 Å². The van der Waals surface area contributed by atoms with Gasteiger partial charge in [0.05, 0.1) is 20.1 Å². The van der Waals surface area contributed by atoms with Gasteiger partial charge in [-0.05, 0) is 36.1 Å². The average molecular weight is 462 g/mol. The fourth-order valence-electron chi connectivity index (χ4n) is 2.99. The normalized spacial score (nSPS) is 13.9. The van der Waals surface area contributed by atoms with Gasteiger partial charge in [0, 0.05) is 34.3 Å². The molecule has 2 aromatic rings. The molecule has 28 heavy (non-hydrogen) atoms. The SMILES string of the molecule is CC(C)C(N)c1c(C(=O)c2ccc(Cl)c(Cl)c2C(N)C(C)C)ccc(Cl)c1Cl. The lowest BCUT2D eigenvalue weighted by Crippen LogP contribution is -2.24. The summed E-state index contributed by atoms with van der Waals surface area (Å²) in [6, 6.07) is 5.54. The second-order valence-electron chi connectivity index (χ2n) is 7.51. The van der Waals surface area contributed by atoms with Crippen LogP contribution in [0.25, 0.3) is 0 Å². The van der Waals surface area contributed by atoms with Crippen molar-refractivity contribution in [3.05, 3.63) is 66.6 Å². The molecule has 2 aromatic carbocycles. The molecule has 0 saturated heterocycles. The summed E-state index contributed by atoms with van der Waals surface area (Å²) in [5, 5.41) is 1.25. The number of hydrogen-bond donors (Lipinski definition) is 2. The number of halogens is 4. The van der Waals surface area contributed by atoms with Gasteiger partial charge in [-0.1, -0.05) is 74.1 Å². The van der Waals surface area contributed by atoms with Gasteiger partial charge in [-0.25, -0.2) is 0 Å². The molecule has 0 spiro atoms. The molecule has 2 unspecified atom stereocenters. The summed E-state index contributed by atoms with van der Waals surface area (Å²) in [6.07, 6.45) is 0. The van der Waals surface area contributed by atoms with Crippen LogP contribution < -0.4 is 11.5 Å². The first-order valence-electron chi connectivity index (χ1n) is 9.00. The van der Waals surface area contributed by atoms with Crippen LogP contribution in [0.1, 0.15) is 66.8 Å². The topological polar surface area (TPSA) is 69.1 Å². The number of nitrogens with two attached hydrogens (primary N) is 2. The van der Waals surface area contributed by atoms with Crippen molar-refractivity contribution in [1.82, 2.24) is 0 Å². The van der Waals surface area contributed by atoms with Crippen molar-refractivity contribution in [3.8, 4) is 0 Å². The number of rotatable bonds is 6. The Kier molecular flexibility index (Phi) is 7.83. The van der Waals surface area contributed by atoms with Gasteiger partial charge in [-0.3, -0.25) is 4.79 Å². The Morgan fingerprint density at radius 3 is 1.32 bits per heavy atom. The number of benzene rings is 2. The van der Waals surface area contributed by atoms with E-state index in [1.54, 1.807) is 24.3 Å². The lowest BCUT2D eigenvalue weighted by Gasteiger charge is -2.24. The summed E-state index contributed by atoms with van der Waals surface area (Å²) >= 11 is 25.3. The molecular formula is C21H24Cl4N2O. The maximum Gasteiger partial charge on any atom is 0.193 e. The molecular weight excluding hydrogens is 438 g/mol. The molecule has 0 fully saturated rings. The van der Waals surface area contributed by atoms with Crippen molar-refractivity contribution >= 4 is 52.2 Å². The van der Waals surface area contributed by atoms with E-state index in [1.165, 1.54) is 0 Å². The summed E-state index contributed by atoms with van der Waals surface area (Å²) < 4.78 is 0. The number of carbonyl (C=O) groups is 1. The Bertz CT molecular complexity index is 825. The highest BCUT2D eigenvalue weighted by Gasteiger charge is 2.28. The summed E-state index contributed by atoms with van der Waals surface area (Å²) in [5.41, 5.74) is 14.5. The van der Waals surface area contributed by atoms with Gasteiger partial charge in [0.1, 0.15) is 0 Å². The van der Waals surface area contributed by atoms with Crippen molar-refractivity contribution in [1.29, 1.82) is 0 Å². The predicted molar refractivity (Wildman–Crippen MR) is 120 cm³/mol. The van der Waals surface area contributed by atoms with Crippen LogP contribution in [-0.4, -0.2) is 5.78 Å². The lowest BCUT2D eigenvalue weighted by molar-refractivity contribution is 0.103. The second kappa shape index (κ2) is 9.34. The average Bonchev–Trinajstić information content (AvgIpc) is 2.64. The highest BCUT2D eigenvalue weighted by Crippen LogP contribution is 2.39. The first-order chi connectivity index (χ1) is 13.0. The van der Waals surface area contributed by atoms with Crippen LogP contribution in [0.4, 0.5) is 0 Å². The summed E-state index contributed by atoms with van der Waals surface area (Å²) in [6.45, 7) is 7.82. The molecule has 0 aliphatic carbocycles. The minimum Gasteiger partial charge on any atom is -0.324 e. The fourth-order valence-corrected chi connectivity index (χ4v) is 3.90. The van der Waals surface area contributed by atoms with Gasteiger partial charge in [0.15, 0.2) is 5.78 Å². The quantitative estimate of drug-likeness (QED) is 0.462. The Labute approximate surface area is 186 Å². The minimum absolute atomic E-state index is 0.0497. The maximum atomic E-state index is 13.6. The van der Waals surface area contributed by atoms with Gasteiger partial charge in [0.25, 0.3) is 0 Å². The van der Waals surface area contributed by atoms with E-state index in [9.17, 15) is 4.79 Å². The zero-order chi connectivity index (χ0) is 21.3. The highest BCUT2D eigenvalue weighted by molar-refractivity contribution is 6.44. The van der Waals surface area contributed by atoms with Crippen LogP contribution in [0.3, 0.4) is 0 Å². The Morgan fingerprint density at radius 2 is 1.04 bits per heavy atom. The zero-order valence-corrected chi connectivity index (χ0v) is 19.2. The molecule has 2 atom stereocenters. The van der Waals surface area contributed by atoms with Crippen molar-refractivity contribution < 1.29 is 4.79 Å². The molecule has 0 aliphatic heterocycles. The summed E-state index contributed by atoms with van der Waals surface area (Å²) in [7, 11) is 0. The van der Waals surface area contributed by atoms with E-state index < -0.39 is 12.1 Å². The van der Waals surface area contributed by atoms with Crippen LogP contribution in [0.2, 0.25) is 20.1 Å². The summed E-state index contributed by atoms with van der Waals surface area (Å²) in [5.74, 6) is -0.170. The van der Waals surface area contributed by atoms with E-state index in [0.717, 1.165) is 0 Å². The first-order valence-corrected chi connectivity index (χ1v) is 10.5. The van der Waals surface area contributed by atoms with Crippen LogP contribution >= 0.6 is 46.4 Å². The van der Waals surface area contributed by atoms with Gasteiger partial charge in [-0.15, -0.1) is 0 Å². The monoisotopic (exact) mass is 460 g/mol. The smallest absolute Gasteiger partial charge is 0.193 e. The van der Waals surface area contributed by atoms with E-state index in [-0.39, 0.29) is 27.7 Å². The Hall–Kier alpha value is -0.810. The number of carbonyl (C=O) groups excluding carboxylic acids is 1. The number of hydrogen-bond acceptors (Lipinski definition) is 3. The molecule has 7 heteroatoms. The molecule has 0 heterocycles. The van der Waals surface area contributed by atoms with E-state index in [4.69, 9.17) is 57.9 Å². The molecule has 0 radical (unpaired) electrons. The molecule has 0 amide bonds. The first kappa shape index (κ1) is 23.5. The maximum absolute atomic E-state index is 13.6. The molecule has 152 valence electrons. The molecule has 0 aromatic heterocycles. The van der Waals surface area contributed by atoms with Crippen LogP contribution in [0, 0.1) is 11.8 Å². The second-order valence-corrected chi connectivity index (χ2v) is 9.08. The standard InChI is InChI=1S/C21H24Cl4N2O/c1-9(2)19(26)15-11(5-7-13(22)17(15)24)21(28)12-6-8-14(23)18(25)16(12)20(27)10(3)4/h5-10,19-20H,26-27H2,1-4H3. The van der Waals surface area contributed by atoms with E-state index in [2.05, 4.69) is 0 Å². The third kappa shape index (κ3) is 4.51. The molecule has 0 aliphatic rings. The van der Waals surface area contributed by atoms with Crippen LogP contribution in [0.15, 0.2) is 24.3 Å². The molecule has 0 saturated carbocycles. The predicted octanol–water partition coefficient (Wildman–Crippen LogP) is 6.84. The van der Waals surface area contributed by atoms with E-state index >= 15 is 0 Å².